The summed E-state index contributed by atoms with van der Waals surface area (Å²) in [5.41, 5.74) is 4.55. The molecule has 0 spiro atoms. The molecule has 0 fully saturated rings. The highest BCUT2D eigenvalue weighted by atomic mass is 32.1. The van der Waals surface area contributed by atoms with Gasteiger partial charge in [-0.1, -0.05) is 30.3 Å². The molecule has 3 aromatic rings. The third-order valence-electron chi connectivity index (χ3n) is 3.33. The Bertz CT molecular complexity index is 735. The number of nitrogens with zero attached hydrogens (tertiary/aromatic N) is 2. The molecule has 1 aromatic carbocycles. The average molecular weight is 295 g/mol. The molecule has 106 valence electrons. The van der Waals surface area contributed by atoms with Gasteiger partial charge in [-0.3, -0.25) is 4.98 Å². The van der Waals surface area contributed by atoms with Crippen molar-refractivity contribution in [2.45, 2.75) is 13.5 Å². The van der Waals surface area contributed by atoms with Crippen LogP contribution in [0.15, 0.2) is 48.8 Å². The van der Waals surface area contributed by atoms with Crippen LogP contribution in [-0.4, -0.2) is 17.0 Å². The number of benzene rings is 1. The van der Waals surface area contributed by atoms with E-state index in [1.807, 2.05) is 31.6 Å². The summed E-state index contributed by atoms with van der Waals surface area (Å²) in [6, 6.07) is 12.4. The first-order valence-corrected chi connectivity index (χ1v) is 7.72. The average Bonchev–Trinajstić information content (AvgIpc) is 2.93. The van der Waals surface area contributed by atoms with Gasteiger partial charge < -0.3 is 5.32 Å². The van der Waals surface area contributed by atoms with Crippen LogP contribution >= 0.6 is 11.3 Å². The molecular weight excluding hydrogens is 278 g/mol. The molecule has 3 nitrogen and oxygen atoms in total. The largest absolute Gasteiger partial charge is 0.315 e. The Morgan fingerprint density at radius 1 is 1.14 bits per heavy atom. The van der Waals surface area contributed by atoms with Crippen molar-refractivity contribution in [1.82, 2.24) is 15.3 Å². The van der Waals surface area contributed by atoms with Crippen LogP contribution in [-0.2, 0) is 6.54 Å². The quantitative estimate of drug-likeness (QED) is 0.793. The Kier molecular flexibility index (Phi) is 4.08. The second-order valence-electron chi connectivity index (χ2n) is 4.88. The zero-order valence-electron chi connectivity index (χ0n) is 12.1. The molecule has 0 aliphatic rings. The minimum atomic E-state index is 0.825. The standard InChI is InChI=1S/C17H17N3S/c1-12-10-19-9-8-14(12)17-20-16(15(21-17)11-18-2)13-6-4-3-5-7-13/h3-10,18H,11H2,1-2H3. The van der Waals surface area contributed by atoms with Gasteiger partial charge in [0.2, 0.25) is 0 Å². The number of pyridine rings is 1. The summed E-state index contributed by atoms with van der Waals surface area (Å²) in [5, 5.41) is 4.29. The van der Waals surface area contributed by atoms with Crippen LogP contribution in [0.1, 0.15) is 10.4 Å². The normalized spacial score (nSPS) is 10.8. The maximum absolute atomic E-state index is 4.88. The van der Waals surface area contributed by atoms with E-state index in [9.17, 15) is 0 Å². The molecule has 1 N–H and O–H groups in total. The molecule has 2 aromatic heterocycles. The lowest BCUT2D eigenvalue weighted by atomic mass is 10.1. The molecule has 0 aliphatic heterocycles. The van der Waals surface area contributed by atoms with Crippen molar-refractivity contribution < 1.29 is 0 Å². The summed E-state index contributed by atoms with van der Waals surface area (Å²) in [6.45, 7) is 2.90. The molecule has 0 atom stereocenters. The van der Waals surface area contributed by atoms with Gasteiger partial charge in [0.15, 0.2) is 0 Å². The minimum absolute atomic E-state index is 0.825. The fraction of sp³-hybridized carbons (Fsp3) is 0.176. The van der Waals surface area contributed by atoms with Crippen molar-refractivity contribution in [2.75, 3.05) is 7.05 Å². The van der Waals surface area contributed by atoms with Gasteiger partial charge in [-0.25, -0.2) is 4.98 Å². The van der Waals surface area contributed by atoms with E-state index in [-0.39, 0.29) is 0 Å². The predicted octanol–water partition coefficient (Wildman–Crippen LogP) is 3.90. The van der Waals surface area contributed by atoms with Crippen LogP contribution in [0.2, 0.25) is 0 Å². The number of aryl methyl sites for hydroxylation is 1. The van der Waals surface area contributed by atoms with Gasteiger partial charge in [-0.15, -0.1) is 11.3 Å². The highest BCUT2D eigenvalue weighted by Gasteiger charge is 2.14. The number of nitrogens with one attached hydrogen (secondary N) is 1. The van der Waals surface area contributed by atoms with Gasteiger partial charge in [0, 0.05) is 34.9 Å². The lowest BCUT2D eigenvalue weighted by Crippen LogP contribution is -2.04. The van der Waals surface area contributed by atoms with Crippen molar-refractivity contribution in [3.8, 4) is 21.8 Å². The monoisotopic (exact) mass is 295 g/mol. The summed E-state index contributed by atoms with van der Waals surface area (Å²) in [4.78, 5) is 10.3. The van der Waals surface area contributed by atoms with Gasteiger partial charge in [-0.05, 0) is 25.6 Å². The number of hydrogen-bond donors (Lipinski definition) is 1. The smallest absolute Gasteiger partial charge is 0.124 e. The lowest BCUT2D eigenvalue weighted by Gasteiger charge is -2.01. The Morgan fingerprint density at radius 3 is 2.67 bits per heavy atom. The summed E-state index contributed by atoms with van der Waals surface area (Å²) in [5.74, 6) is 0. The number of thiazole rings is 1. The molecule has 0 unspecified atom stereocenters. The van der Waals surface area contributed by atoms with Gasteiger partial charge in [0.05, 0.1) is 5.69 Å². The van der Waals surface area contributed by atoms with E-state index in [4.69, 9.17) is 4.98 Å². The third-order valence-corrected chi connectivity index (χ3v) is 4.42. The second-order valence-corrected chi connectivity index (χ2v) is 5.96. The van der Waals surface area contributed by atoms with Crippen molar-refractivity contribution in [3.05, 3.63) is 59.2 Å². The fourth-order valence-corrected chi connectivity index (χ4v) is 3.47. The van der Waals surface area contributed by atoms with Crippen molar-refractivity contribution in [2.24, 2.45) is 0 Å². The van der Waals surface area contributed by atoms with E-state index in [2.05, 4.69) is 41.5 Å². The maximum Gasteiger partial charge on any atom is 0.124 e. The SMILES string of the molecule is CNCc1sc(-c2ccncc2C)nc1-c1ccccc1. The molecule has 0 aliphatic carbocycles. The first-order valence-electron chi connectivity index (χ1n) is 6.90. The van der Waals surface area contributed by atoms with Gasteiger partial charge in [0.1, 0.15) is 5.01 Å². The molecule has 0 saturated carbocycles. The van der Waals surface area contributed by atoms with Crippen LogP contribution in [0, 0.1) is 6.92 Å². The summed E-state index contributed by atoms with van der Waals surface area (Å²) >= 11 is 1.74. The molecule has 4 heteroatoms. The minimum Gasteiger partial charge on any atom is -0.315 e. The first-order chi connectivity index (χ1) is 10.3. The molecule has 0 saturated heterocycles. The van der Waals surface area contributed by atoms with Crippen LogP contribution < -0.4 is 5.32 Å². The zero-order chi connectivity index (χ0) is 14.7. The fourth-order valence-electron chi connectivity index (χ4n) is 2.28. The lowest BCUT2D eigenvalue weighted by molar-refractivity contribution is 0.831. The Hall–Kier alpha value is -2.04. The maximum atomic E-state index is 4.88. The van der Waals surface area contributed by atoms with Crippen LogP contribution in [0.4, 0.5) is 0 Å². The number of rotatable bonds is 4. The van der Waals surface area contributed by atoms with Crippen molar-refractivity contribution in [3.63, 3.8) is 0 Å². The summed E-state index contributed by atoms with van der Waals surface area (Å²) < 4.78 is 0. The predicted molar refractivity (Wildman–Crippen MR) is 88.3 cm³/mol. The molecule has 0 radical (unpaired) electrons. The van der Waals surface area contributed by atoms with E-state index in [0.717, 1.165) is 33.9 Å². The zero-order valence-corrected chi connectivity index (χ0v) is 12.9. The molecule has 0 bridgehead atoms. The van der Waals surface area contributed by atoms with Crippen molar-refractivity contribution in [1.29, 1.82) is 0 Å². The molecule has 21 heavy (non-hydrogen) atoms. The number of hydrogen-bond acceptors (Lipinski definition) is 4. The van der Waals surface area contributed by atoms with Gasteiger partial charge in [0.25, 0.3) is 0 Å². The molecule has 2 heterocycles. The van der Waals surface area contributed by atoms with Crippen LogP contribution in [0.25, 0.3) is 21.8 Å². The topological polar surface area (TPSA) is 37.8 Å². The van der Waals surface area contributed by atoms with Crippen LogP contribution in [0.3, 0.4) is 0 Å². The molecule has 0 amide bonds. The van der Waals surface area contributed by atoms with Gasteiger partial charge in [-0.2, -0.15) is 0 Å². The highest BCUT2D eigenvalue weighted by Crippen LogP contribution is 2.34. The van der Waals surface area contributed by atoms with Crippen LogP contribution in [0.5, 0.6) is 0 Å². The summed E-state index contributed by atoms with van der Waals surface area (Å²) in [7, 11) is 1.96. The Morgan fingerprint density at radius 2 is 1.95 bits per heavy atom. The Labute approximate surface area is 128 Å². The Balaban J connectivity index is 2.11. The van der Waals surface area contributed by atoms with Crippen molar-refractivity contribution >= 4 is 11.3 Å². The highest BCUT2D eigenvalue weighted by molar-refractivity contribution is 7.15. The second kappa shape index (κ2) is 6.16. The third kappa shape index (κ3) is 2.86. The molecule has 3 rings (SSSR count). The summed E-state index contributed by atoms with van der Waals surface area (Å²) in [6.07, 6.45) is 3.71. The molecular formula is C17H17N3S. The van der Waals surface area contributed by atoms with Gasteiger partial charge >= 0.3 is 0 Å². The van der Waals surface area contributed by atoms with E-state index >= 15 is 0 Å². The van der Waals surface area contributed by atoms with E-state index in [0.29, 0.717) is 0 Å². The van der Waals surface area contributed by atoms with E-state index in [1.165, 1.54) is 4.88 Å². The van der Waals surface area contributed by atoms with E-state index in [1.54, 1.807) is 11.3 Å². The van der Waals surface area contributed by atoms with E-state index < -0.39 is 0 Å². The first kappa shape index (κ1) is 13.9. The number of aromatic nitrogens is 2.